The number of ether oxygens (including phenoxy) is 2. The first-order chi connectivity index (χ1) is 10.5. The molecular weight excluding hydrogens is 310 g/mol. The molecular formula is C14H12NO6S-. The van der Waals surface area contributed by atoms with E-state index in [1.54, 1.807) is 23.6 Å². The highest BCUT2D eigenvalue weighted by Crippen LogP contribution is 2.39. The number of fused-ring (bicyclic) bond motifs is 2. The van der Waals surface area contributed by atoms with Crippen LogP contribution in [0.4, 0.5) is 5.69 Å². The number of aliphatic carboxylic acids is 1. The molecule has 0 aromatic carbocycles. The molecule has 1 N–H and O–H groups in total. The number of carbonyl (C=O) groups excluding carboxylic acids is 3. The second-order valence-corrected chi connectivity index (χ2v) is 5.88. The molecule has 0 saturated carbocycles. The summed E-state index contributed by atoms with van der Waals surface area (Å²) in [5, 5.41) is 15.5. The van der Waals surface area contributed by atoms with E-state index in [2.05, 4.69) is 10.1 Å². The lowest BCUT2D eigenvalue weighted by Gasteiger charge is -2.24. The van der Waals surface area contributed by atoms with Crippen molar-refractivity contribution in [1.29, 1.82) is 0 Å². The molecule has 2 bridgehead atoms. The largest absolute Gasteiger partial charge is 0.550 e. The minimum absolute atomic E-state index is 0.250. The molecule has 2 aliphatic heterocycles. The highest BCUT2D eigenvalue weighted by Gasteiger charge is 2.50. The Balaban J connectivity index is 1.80. The summed E-state index contributed by atoms with van der Waals surface area (Å²) in [6.07, 6.45) is 2.06. The fourth-order valence-corrected chi connectivity index (χ4v) is 3.54. The number of methoxy groups -OCH3 is 1. The highest BCUT2D eigenvalue weighted by molar-refractivity contribution is 7.12. The molecule has 3 heterocycles. The maximum absolute atomic E-state index is 12.4. The van der Waals surface area contributed by atoms with Crippen LogP contribution in [-0.4, -0.2) is 37.2 Å². The van der Waals surface area contributed by atoms with Crippen LogP contribution in [0.25, 0.3) is 0 Å². The molecule has 1 fully saturated rings. The van der Waals surface area contributed by atoms with Gasteiger partial charge in [-0.3, -0.25) is 4.79 Å². The summed E-state index contributed by atoms with van der Waals surface area (Å²) in [5.41, 5.74) is 0.297. The lowest BCUT2D eigenvalue weighted by molar-refractivity contribution is -0.313. The van der Waals surface area contributed by atoms with Gasteiger partial charge in [0.15, 0.2) is 0 Å². The third-order valence-corrected chi connectivity index (χ3v) is 4.66. The zero-order chi connectivity index (χ0) is 15.9. The van der Waals surface area contributed by atoms with Gasteiger partial charge in [0.2, 0.25) is 5.91 Å². The molecule has 0 spiro atoms. The van der Waals surface area contributed by atoms with Crippen LogP contribution in [0.3, 0.4) is 0 Å². The van der Waals surface area contributed by atoms with Gasteiger partial charge in [0.05, 0.1) is 30.9 Å². The van der Waals surface area contributed by atoms with Gasteiger partial charge in [-0.25, -0.2) is 4.79 Å². The van der Waals surface area contributed by atoms with Gasteiger partial charge in [-0.1, -0.05) is 12.2 Å². The first-order valence-electron chi connectivity index (χ1n) is 6.54. The molecule has 0 radical (unpaired) electrons. The van der Waals surface area contributed by atoms with E-state index in [9.17, 15) is 19.5 Å². The number of rotatable bonds is 4. The van der Waals surface area contributed by atoms with E-state index in [0.29, 0.717) is 5.69 Å². The molecule has 1 aromatic rings. The van der Waals surface area contributed by atoms with E-state index >= 15 is 0 Å². The Hall–Kier alpha value is -2.19. The van der Waals surface area contributed by atoms with Crippen molar-refractivity contribution in [2.75, 3.05) is 12.4 Å². The second kappa shape index (κ2) is 5.54. The summed E-state index contributed by atoms with van der Waals surface area (Å²) in [7, 11) is 1.24. The SMILES string of the molecule is COC(=O)c1sccc1NC(=O)[C@H]1[C@@H](C(=O)[O-])[C@@H]2C=C[C@H]1O2. The standard InChI is InChI=1S/C14H13NO6S/c1-20-14(19)11-6(4-5-22-11)15-12(16)9-7-2-3-8(21-7)10(9)13(17)18/h2-5,7-10H,1H3,(H,15,16)(H,17,18)/p-1/t7-,8+,9-,10+/m1/s1. The normalized spacial score (nSPS) is 28.6. The summed E-state index contributed by atoms with van der Waals surface area (Å²) in [6, 6.07) is 1.56. The summed E-state index contributed by atoms with van der Waals surface area (Å²) in [4.78, 5) is 35.5. The van der Waals surface area contributed by atoms with Crippen LogP contribution >= 0.6 is 11.3 Å². The van der Waals surface area contributed by atoms with Gasteiger partial charge < -0.3 is 24.7 Å². The van der Waals surface area contributed by atoms with E-state index in [1.165, 1.54) is 7.11 Å². The lowest BCUT2D eigenvalue weighted by Crippen LogP contribution is -2.45. The maximum atomic E-state index is 12.4. The fourth-order valence-electron chi connectivity index (χ4n) is 2.78. The predicted molar refractivity (Wildman–Crippen MR) is 74.1 cm³/mol. The number of carboxylic acids is 1. The summed E-state index contributed by atoms with van der Waals surface area (Å²) in [6.45, 7) is 0. The average molecular weight is 322 g/mol. The van der Waals surface area contributed by atoms with Gasteiger partial charge in [0, 0.05) is 11.9 Å². The number of hydrogen-bond donors (Lipinski definition) is 1. The molecule has 4 atom stereocenters. The Morgan fingerprint density at radius 3 is 2.59 bits per heavy atom. The van der Waals surface area contributed by atoms with Crippen molar-refractivity contribution in [2.45, 2.75) is 12.2 Å². The monoisotopic (exact) mass is 322 g/mol. The number of anilines is 1. The quantitative estimate of drug-likeness (QED) is 0.608. The van der Waals surface area contributed by atoms with Gasteiger partial charge in [-0.05, 0) is 11.4 Å². The van der Waals surface area contributed by atoms with Crippen molar-refractivity contribution in [3.8, 4) is 0 Å². The molecule has 0 aliphatic carbocycles. The number of thiophene rings is 1. The van der Waals surface area contributed by atoms with E-state index in [0.717, 1.165) is 11.3 Å². The van der Waals surface area contributed by atoms with Gasteiger partial charge in [0.25, 0.3) is 0 Å². The number of nitrogens with one attached hydrogen (secondary N) is 1. The molecule has 22 heavy (non-hydrogen) atoms. The van der Waals surface area contributed by atoms with Crippen LogP contribution in [0.5, 0.6) is 0 Å². The number of hydrogen-bond acceptors (Lipinski definition) is 7. The van der Waals surface area contributed by atoms with Crippen molar-refractivity contribution in [2.24, 2.45) is 11.8 Å². The van der Waals surface area contributed by atoms with Crippen LogP contribution in [-0.2, 0) is 19.1 Å². The summed E-state index contributed by atoms with van der Waals surface area (Å²) < 4.78 is 10.0. The third-order valence-electron chi connectivity index (χ3n) is 3.77. The van der Waals surface area contributed by atoms with Gasteiger partial charge >= 0.3 is 5.97 Å². The fraction of sp³-hybridized carbons (Fsp3) is 0.357. The Bertz CT molecular complexity index is 666. The molecule has 0 unspecified atom stereocenters. The van der Waals surface area contributed by atoms with E-state index in [1.807, 2.05) is 0 Å². The first kappa shape index (κ1) is 14.7. The van der Waals surface area contributed by atoms with Crippen LogP contribution in [0.2, 0.25) is 0 Å². The van der Waals surface area contributed by atoms with Gasteiger partial charge in [-0.2, -0.15) is 0 Å². The number of carbonyl (C=O) groups is 3. The Kier molecular flexibility index (Phi) is 3.71. The van der Waals surface area contributed by atoms with E-state index in [-0.39, 0.29) is 4.88 Å². The van der Waals surface area contributed by atoms with Crippen molar-refractivity contribution >= 4 is 34.9 Å². The number of esters is 1. The Morgan fingerprint density at radius 1 is 1.27 bits per heavy atom. The molecule has 1 aromatic heterocycles. The van der Waals surface area contributed by atoms with Gasteiger partial charge in [-0.15, -0.1) is 11.3 Å². The summed E-state index contributed by atoms with van der Waals surface area (Å²) in [5.74, 6) is -4.32. The van der Waals surface area contributed by atoms with Crippen LogP contribution in [0, 0.1) is 11.8 Å². The Morgan fingerprint density at radius 2 is 1.95 bits per heavy atom. The predicted octanol–water partition coefficient (Wildman–Crippen LogP) is -0.207. The topological polar surface area (TPSA) is 105 Å². The lowest BCUT2D eigenvalue weighted by atomic mass is 9.82. The van der Waals surface area contributed by atoms with E-state index < -0.39 is 41.9 Å². The van der Waals surface area contributed by atoms with E-state index in [4.69, 9.17) is 4.74 Å². The smallest absolute Gasteiger partial charge is 0.350 e. The molecule has 1 amide bonds. The Labute approximate surface area is 129 Å². The zero-order valence-corrected chi connectivity index (χ0v) is 12.3. The molecule has 7 nitrogen and oxygen atoms in total. The number of amides is 1. The van der Waals surface area contributed by atoms with Crippen molar-refractivity contribution < 1.29 is 29.0 Å². The third kappa shape index (κ3) is 2.30. The first-order valence-corrected chi connectivity index (χ1v) is 7.42. The average Bonchev–Trinajstić information content (AvgIpc) is 3.20. The zero-order valence-electron chi connectivity index (χ0n) is 11.5. The maximum Gasteiger partial charge on any atom is 0.350 e. The van der Waals surface area contributed by atoms with Crippen molar-refractivity contribution in [3.63, 3.8) is 0 Å². The second-order valence-electron chi connectivity index (χ2n) is 4.97. The minimum Gasteiger partial charge on any atom is -0.550 e. The molecule has 116 valence electrons. The molecule has 2 aliphatic rings. The van der Waals surface area contributed by atoms with Crippen molar-refractivity contribution in [3.05, 3.63) is 28.5 Å². The van der Waals surface area contributed by atoms with Crippen LogP contribution in [0.15, 0.2) is 23.6 Å². The molecule has 3 rings (SSSR count). The van der Waals surface area contributed by atoms with Crippen LogP contribution < -0.4 is 10.4 Å². The molecule has 1 saturated heterocycles. The van der Waals surface area contributed by atoms with Crippen molar-refractivity contribution in [1.82, 2.24) is 0 Å². The minimum atomic E-state index is -1.32. The highest BCUT2D eigenvalue weighted by atomic mass is 32.1. The molecule has 8 heteroatoms. The number of carboxylic acid groups (broad SMARTS) is 1. The summed E-state index contributed by atoms with van der Waals surface area (Å²) >= 11 is 1.13. The van der Waals surface area contributed by atoms with Crippen LogP contribution in [0.1, 0.15) is 9.67 Å². The van der Waals surface area contributed by atoms with Gasteiger partial charge in [0.1, 0.15) is 4.88 Å².